The van der Waals surface area contributed by atoms with Gasteiger partial charge in [-0.15, -0.1) is 0 Å². The number of fused-ring (bicyclic) bond motifs is 2. The van der Waals surface area contributed by atoms with E-state index < -0.39 is 0 Å². The summed E-state index contributed by atoms with van der Waals surface area (Å²) in [4.78, 5) is 9.64. The highest BCUT2D eigenvalue weighted by Gasteiger charge is 2.21. The van der Waals surface area contributed by atoms with E-state index in [-0.39, 0.29) is 0 Å². The predicted octanol–water partition coefficient (Wildman–Crippen LogP) is 16.1. The molecule has 0 spiro atoms. The molecule has 2 heteroatoms. The fraction of sp³-hybridized carbons (Fsp3) is 0. The third-order valence-corrected chi connectivity index (χ3v) is 11.9. The number of rotatable bonds is 8. The molecule has 0 amide bonds. The minimum atomic E-state index is 0.844. The van der Waals surface area contributed by atoms with Crippen LogP contribution in [0.3, 0.4) is 0 Å². The topological polar surface area (TPSA) is 25.8 Å². The summed E-state index contributed by atoms with van der Waals surface area (Å²) in [5.74, 6) is 0. The maximum atomic E-state index is 4.91. The standard InChI is InChI=1S/C60H40N2/c1-5-18-41(19-6-1)46-34-47(42-20-7-2-8-21-42)37-50(36-46)58-53-26-13-14-27-54(53)59(51-38-48(43-22-9-3-10-23-43)35-49(39-51)44-24-11-4-12-25-44)56-40-45(30-31-55(56)58)52-28-17-33-62-60(52)57-29-15-16-32-61-57/h1-40H. The molecule has 2 aromatic heterocycles. The van der Waals surface area contributed by atoms with Gasteiger partial charge in [-0.25, -0.2) is 0 Å². The Morgan fingerprint density at radius 2 is 0.629 bits per heavy atom. The molecular formula is C60H40N2. The average molecular weight is 789 g/mol. The fourth-order valence-electron chi connectivity index (χ4n) is 9.05. The van der Waals surface area contributed by atoms with Crippen LogP contribution < -0.4 is 0 Å². The molecule has 0 aliphatic carbocycles. The van der Waals surface area contributed by atoms with E-state index in [2.05, 4.69) is 206 Å². The molecule has 0 aliphatic rings. The van der Waals surface area contributed by atoms with Gasteiger partial charge in [0.2, 0.25) is 0 Å². The molecule has 2 nitrogen and oxygen atoms in total. The van der Waals surface area contributed by atoms with E-state index in [4.69, 9.17) is 9.97 Å². The zero-order chi connectivity index (χ0) is 41.2. The molecule has 9 aromatic carbocycles. The number of benzene rings is 9. The average Bonchev–Trinajstić information content (AvgIpc) is 3.36. The minimum Gasteiger partial charge on any atom is -0.255 e. The number of hydrogen-bond acceptors (Lipinski definition) is 2. The van der Waals surface area contributed by atoms with E-state index in [0.717, 1.165) is 28.1 Å². The summed E-state index contributed by atoms with van der Waals surface area (Å²) in [6.07, 6.45) is 3.69. The van der Waals surface area contributed by atoms with Gasteiger partial charge in [0, 0.05) is 18.0 Å². The Bertz CT molecular complexity index is 3250. The lowest BCUT2D eigenvalue weighted by Gasteiger charge is -2.21. The third kappa shape index (κ3) is 6.94. The number of pyridine rings is 2. The van der Waals surface area contributed by atoms with Gasteiger partial charge in [0.1, 0.15) is 0 Å². The summed E-state index contributed by atoms with van der Waals surface area (Å²) in [5, 5.41) is 4.75. The fourth-order valence-corrected chi connectivity index (χ4v) is 9.05. The third-order valence-electron chi connectivity index (χ3n) is 11.9. The highest BCUT2D eigenvalue weighted by molar-refractivity contribution is 6.22. The van der Waals surface area contributed by atoms with Gasteiger partial charge in [0.25, 0.3) is 0 Å². The predicted molar refractivity (Wildman–Crippen MR) is 261 cm³/mol. The van der Waals surface area contributed by atoms with Gasteiger partial charge in [-0.05, 0) is 155 Å². The summed E-state index contributed by atoms with van der Waals surface area (Å²) < 4.78 is 0. The van der Waals surface area contributed by atoms with Crippen molar-refractivity contribution in [3.8, 4) is 89.3 Å². The van der Waals surface area contributed by atoms with E-state index >= 15 is 0 Å². The van der Waals surface area contributed by atoms with Gasteiger partial charge in [0.05, 0.1) is 11.4 Å². The monoisotopic (exact) mass is 788 g/mol. The first-order valence-electron chi connectivity index (χ1n) is 21.1. The molecule has 0 N–H and O–H groups in total. The van der Waals surface area contributed by atoms with E-state index in [1.807, 2.05) is 36.7 Å². The molecule has 2 heterocycles. The Kier molecular flexibility index (Phi) is 9.57. The first-order chi connectivity index (χ1) is 30.7. The van der Waals surface area contributed by atoms with Crippen LogP contribution in [0, 0.1) is 0 Å². The molecule has 0 unspecified atom stereocenters. The van der Waals surface area contributed by atoms with Crippen LogP contribution in [0.4, 0.5) is 0 Å². The highest BCUT2D eigenvalue weighted by atomic mass is 14.8. The number of nitrogens with zero attached hydrogens (tertiary/aromatic N) is 2. The number of hydrogen-bond donors (Lipinski definition) is 0. The Morgan fingerprint density at radius 1 is 0.226 bits per heavy atom. The van der Waals surface area contributed by atoms with Crippen LogP contribution >= 0.6 is 0 Å². The molecule has 0 radical (unpaired) electrons. The summed E-state index contributed by atoms with van der Waals surface area (Å²) in [6.45, 7) is 0. The van der Waals surface area contributed by atoms with Crippen LogP contribution in [-0.2, 0) is 0 Å². The zero-order valence-corrected chi connectivity index (χ0v) is 34.0. The molecular weight excluding hydrogens is 749 g/mol. The lowest BCUT2D eigenvalue weighted by molar-refractivity contribution is 1.25. The quantitative estimate of drug-likeness (QED) is 0.143. The smallest absolute Gasteiger partial charge is 0.0964 e. The van der Waals surface area contributed by atoms with Crippen molar-refractivity contribution in [1.29, 1.82) is 0 Å². The van der Waals surface area contributed by atoms with Gasteiger partial charge >= 0.3 is 0 Å². The van der Waals surface area contributed by atoms with E-state index in [9.17, 15) is 0 Å². The molecule has 0 atom stereocenters. The largest absolute Gasteiger partial charge is 0.255 e. The lowest BCUT2D eigenvalue weighted by Crippen LogP contribution is -1.95. The first-order valence-corrected chi connectivity index (χ1v) is 21.1. The Hall–Kier alpha value is -8.20. The second-order valence-corrected chi connectivity index (χ2v) is 15.7. The van der Waals surface area contributed by atoms with Crippen molar-refractivity contribution in [2.75, 3.05) is 0 Å². The van der Waals surface area contributed by atoms with Gasteiger partial charge in [-0.2, -0.15) is 0 Å². The van der Waals surface area contributed by atoms with E-state index in [1.165, 1.54) is 82.7 Å². The normalized spacial score (nSPS) is 11.2. The van der Waals surface area contributed by atoms with Crippen LogP contribution in [0.1, 0.15) is 0 Å². The summed E-state index contributed by atoms with van der Waals surface area (Å²) in [6, 6.07) is 83.3. The Labute approximate surface area is 362 Å². The van der Waals surface area contributed by atoms with E-state index in [0.29, 0.717) is 0 Å². The molecule has 0 aliphatic heterocycles. The van der Waals surface area contributed by atoms with Crippen molar-refractivity contribution in [2.45, 2.75) is 0 Å². The van der Waals surface area contributed by atoms with Crippen molar-refractivity contribution in [3.05, 3.63) is 243 Å². The van der Waals surface area contributed by atoms with Crippen LogP contribution in [0.25, 0.3) is 111 Å². The van der Waals surface area contributed by atoms with Crippen molar-refractivity contribution in [2.24, 2.45) is 0 Å². The second-order valence-electron chi connectivity index (χ2n) is 15.7. The van der Waals surface area contributed by atoms with Gasteiger partial charge in [-0.1, -0.05) is 170 Å². The first kappa shape index (κ1) is 36.8. The molecule has 290 valence electrons. The van der Waals surface area contributed by atoms with Crippen LogP contribution in [0.2, 0.25) is 0 Å². The SMILES string of the molecule is c1ccc(-c2cc(-c3ccccc3)cc(-c3c4ccccc4c(-c4cc(-c5ccccc5)cc(-c5ccccc5)c4)c4cc(-c5cccnc5-c5ccccn5)ccc34)c2)cc1. The van der Waals surface area contributed by atoms with Gasteiger partial charge < -0.3 is 0 Å². The Balaban J connectivity index is 1.26. The molecule has 0 saturated heterocycles. The van der Waals surface area contributed by atoms with Crippen molar-refractivity contribution in [1.82, 2.24) is 9.97 Å². The molecule has 11 aromatic rings. The molecule has 62 heavy (non-hydrogen) atoms. The molecule has 0 saturated carbocycles. The zero-order valence-electron chi connectivity index (χ0n) is 34.0. The van der Waals surface area contributed by atoms with Crippen molar-refractivity contribution < 1.29 is 0 Å². The Morgan fingerprint density at radius 3 is 1.10 bits per heavy atom. The molecule has 0 fully saturated rings. The van der Waals surface area contributed by atoms with Crippen LogP contribution in [-0.4, -0.2) is 9.97 Å². The van der Waals surface area contributed by atoms with Gasteiger partial charge in [-0.3, -0.25) is 9.97 Å². The van der Waals surface area contributed by atoms with Crippen LogP contribution in [0.15, 0.2) is 243 Å². The molecule has 11 rings (SSSR count). The summed E-state index contributed by atoms with van der Waals surface area (Å²) in [7, 11) is 0. The summed E-state index contributed by atoms with van der Waals surface area (Å²) in [5.41, 5.74) is 18.0. The maximum absolute atomic E-state index is 4.91. The maximum Gasteiger partial charge on any atom is 0.0964 e. The van der Waals surface area contributed by atoms with Crippen molar-refractivity contribution in [3.63, 3.8) is 0 Å². The second kappa shape index (κ2) is 16.1. The highest BCUT2D eigenvalue weighted by Crippen LogP contribution is 2.48. The van der Waals surface area contributed by atoms with Crippen molar-refractivity contribution >= 4 is 21.5 Å². The summed E-state index contributed by atoms with van der Waals surface area (Å²) >= 11 is 0. The van der Waals surface area contributed by atoms with E-state index in [1.54, 1.807) is 0 Å². The lowest BCUT2D eigenvalue weighted by atomic mass is 9.82. The minimum absolute atomic E-state index is 0.844. The number of aromatic nitrogens is 2. The molecule has 0 bridgehead atoms. The van der Waals surface area contributed by atoms with Gasteiger partial charge in [0.15, 0.2) is 0 Å². The van der Waals surface area contributed by atoms with Crippen LogP contribution in [0.5, 0.6) is 0 Å².